The number of sulfone groups is 1. The zero-order valence-corrected chi connectivity index (χ0v) is 11.8. The van der Waals surface area contributed by atoms with Crippen LogP contribution < -0.4 is 16.6 Å². The molecule has 0 aromatic carbocycles. The molecule has 0 amide bonds. The molecular weight excluding hydrogens is 268 g/mol. The van der Waals surface area contributed by atoms with Gasteiger partial charge in [-0.15, -0.1) is 0 Å². The number of hydrogen-bond acceptors (Lipinski definition) is 6. The molecule has 0 aliphatic heterocycles. The second-order valence-electron chi connectivity index (χ2n) is 4.11. The highest BCUT2D eigenvalue weighted by Crippen LogP contribution is 1.99. The van der Waals surface area contributed by atoms with E-state index in [1.54, 1.807) is 6.92 Å². The second kappa shape index (κ2) is 7.25. The molecule has 0 spiro atoms. The van der Waals surface area contributed by atoms with E-state index in [1.807, 2.05) is 0 Å². The summed E-state index contributed by atoms with van der Waals surface area (Å²) in [6.07, 6.45) is 1.92. The largest absolute Gasteiger partial charge is 0.382 e. The van der Waals surface area contributed by atoms with E-state index in [-0.39, 0.29) is 17.1 Å². The molecule has 0 radical (unpaired) electrons. The Labute approximate surface area is 112 Å². The summed E-state index contributed by atoms with van der Waals surface area (Å²) in [5, 5.41) is 6.94. The molecule has 0 atom stereocenters. The van der Waals surface area contributed by atoms with Crippen LogP contribution in [0, 0.1) is 0 Å². The zero-order chi connectivity index (χ0) is 14.3. The molecule has 3 N–H and O–H groups in total. The summed E-state index contributed by atoms with van der Waals surface area (Å²) < 4.78 is 23.9. The maximum absolute atomic E-state index is 11.7. The normalized spacial score (nSPS) is 11.5. The lowest BCUT2D eigenvalue weighted by Gasteiger charge is -2.07. The summed E-state index contributed by atoms with van der Waals surface area (Å²) in [6, 6.07) is 1.43. The Morgan fingerprint density at radius 1 is 1.47 bits per heavy atom. The van der Waals surface area contributed by atoms with Gasteiger partial charge in [0.2, 0.25) is 0 Å². The number of nitrogens with one attached hydrogen (secondary N) is 1. The van der Waals surface area contributed by atoms with Crippen molar-refractivity contribution in [1.82, 2.24) is 9.78 Å². The Kier molecular flexibility index (Phi) is 5.97. The molecule has 1 aromatic rings. The maximum Gasteiger partial charge on any atom is 0.268 e. The van der Waals surface area contributed by atoms with Gasteiger partial charge in [-0.1, -0.05) is 6.92 Å². The molecular formula is C11H20N4O3S. The summed E-state index contributed by atoms with van der Waals surface area (Å²) >= 11 is 0. The van der Waals surface area contributed by atoms with E-state index in [2.05, 4.69) is 10.4 Å². The van der Waals surface area contributed by atoms with Crippen LogP contribution in [0.25, 0.3) is 0 Å². The van der Waals surface area contributed by atoms with E-state index in [9.17, 15) is 13.2 Å². The number of aryl methyl sites for hydroxylation is 1. The Hall–Kier alpha value is -1.41. The quantitative estimate of drug-likeness (QED) is 0.664. The standard InChI is InChI=1S/C11H20N4O3S/c1-2-19(17,18)7-3-6-15-11(16)8-10(9-14-15)13-5-4-12/h8-9,13H,2-7,12H2,1H3. The van der Waals surface area contributed by atoms with E-state index >= 15 is 0 Å². The van der Waals surface area contributed by atoms with Gasteiger partial charge in [0.1, 0.15) is 9.84 Å². The van der Waals surface area contributed by atoms with Crippen LogP contribution in [0.5, 0.6) is 0 Å². The van der Waals surface area contributed by atoms with Crippen molar-refractivity contribution in [1.29, 1.82) is 0 Å². The van der Waals surface area contributed by atoms with E-state index in [0.29, 0.717) is 31.7 Å². The van der Waals surface area contributed by atoms with Crippen LogP contribution in [0.15, 0.2) is 17.1 Å². The van der Waals surface area contributed by atoms with Crippen molar-refractivity contribution >= 4 is 15.5 Å². The third-order valence-corrected chi connectivity index (χ3v) is 4.40. The lowest BCUT2D eigenvalue weighted by molar-refractivity contribution is 0.555. The second-order valence-corrected chi connectivity index (χ2v) is 6.58. The third kappa shape index (κ3) is 5.39. The molecule has 1 heterocycles. The van der Waals surface area contributed by atoms with Gasteiger partial charge in [-0.3, -0.25) is 4.79 Å². The van der Waals surface area contributed by atoms with Gasteiger partial charge in [0.15, 0.2) is 0 Å². The fourth-order valence-corrected chi connectivity index (χ4v) is 2.35. The van der Waals surface area contributed by atoms with Gasteiger partial charge in [0.05, 0.1) is 17.6 Å². The minimum Gasteiger partial charge on any atom is -0.382 e. The summed E-state index contributed by atoms with van der Waals surface area (Å²) in [5.41, 5.74) is 5.71. The van der Waals surface area contributed by atoms with E-state index < -0.39 is 9.84 Å². The molecule has 0 bridgehead atoms. The predicted molar refractivity (Wildman–Crippen MR) is 75.0 cm³/mol. The SMILES string of the molecule is CCS(=O)(=O)CCCn1ncc(NCCN)cc1=O. The highest BCUT2D eigenvalue weighted by atomic mass is 32.2. The molecule has 0 aliphatic carbocycles. The van der Waals surface area contributed by atoms with Crippen molar-refractivity contribution in [3.63, 3.8) is 0 Å². The van der Waals surface area contributed by atoms with Crippen LogP contribution >= 0.6 is 0 Å². The fraction of sp³-hybridized carbons (Fsp3) is 0.636. The lowest BCUT2D eigenvalue weighted by atomic mass is 10.4. The molecule has 0 saturated carbocycles. The van der Waals surface area contributed by atoms with Crippen LogP contribution in [0.3, 0.4) is 0 Å². The minimum absolute atomic E-state index is 0.0742. The third-order valence-electron chi connectivity index (χ3n) is 2.61. The van der Waals surface area contributed by atoms with Gasteiger partial charge in [-0.2, -0.15) is 5.10 Å². The molecule has 7 nitrogen and oxygen atoms in total. The van der Waals surface area contributed by atoms with Gasteiger partial charge in [-0.25, -0.2) is 13.1 Å². The highest BCUT2D eigenvalue weighted by molar-refractivity contribution is 7.91. The van der Waals surface area contributed by atoms with Gasteiger partial charge in [0, 0.05) is 31.5 Å². The maximum atomic E-state index is 11.7. The van der Waals surface area contributed by atoms with Crippen LogP contribution in [0.4, 0.5) is 5.69 Å². The predicted octanol–water partition coefficient (Wildman–Crippen LogP) is -0.561. The number of rotatable bonds is 8. The number of nitrogens with zero attached hydrogens (tertiary/aromatic N) is 2. The first-order valence-electron chi connectivity index (χ1n) is 6.20. The first kappa shape index (κ1) is 15.6. The molecule has 108 valence electrons. The smallest absolute Gasteiger partial charge is 0.268 e. The lowest BCUT2D eigenvalue weighted by Crippen LogP contribution is -2.24. The fourth-order valence-electron chi connectivity index (χ4n) is 1.49. The first-order chi connectivity index (χ1) is 8.98. The van der Waals surface area contributed by atoms with E-state index in [4.69, 9.17) is 5.73 Å². The molecule has 0 saturated heterocycles. The Morgan fingerprint density at radius 3 is 2.79 bits per heavy atom. The average molecular weight is 288 g/mol. The van der Waals surface area contributed by atoms with Crippen LogP contribution in [-0.2, 0) is 16.4 Å². The van der Waals surface area contributed by atoms with Crippen molar-refractivity contribution in [2.75, 3.05) is 29.9 Å². The number of hydrogen-bond donors (Lipinski definition) is 2. The van der Waals surface area contributed by atoms with E-state index in [0.717, 1.165) is 0 Å². The van der Waals surface area contributed by atoms with Gasteiger partial charge in [0.25, 0.3) is 5.56 Å². The van der Waals surface area contributed by atoms with Gasteiger partial charge < -0.3 is 11.1 Å². The highest BCUT2D eigenvalue weighted by Gasteiger charge is 2.07. The summed E-state index contributed by atoms with van der Waals surface area (Å²) in [7, 11) is -2.99. The van der Waals surface area contributed by atoms with Crippen molar-refractivity contribution < 1.29 is 8.42 Å². The molecule has 0 fully saturated rings. The number of anilines is 1. The molecule has 19 heavy (non-hydrogen) atoms. The minimum atomic E-state index is -2.99. The number of aromatic nitrogens is 2. The molecule has 1 aromatic heterocycles. The van der Waals surface area contributed by atoms with Crippen LogP contribution in [-0.4, -0.2) is 42.8 Å². The van der Waals surface area contributed by atoms with Crippen LogP contribution in [0.1, 0.15) is 13.3 Å². The first-order valence-corrected chi connectivity index (χ1v) is 8.02. The zero-order valence-electron chi connectivity index (χ0n) is 11.0. The van der Waals surface area contributed by atoms with Gasteiger partial charge >= 0.3 is 0 Å². The van der Waals surface area contributed by atoms with Crippen molar-refractivity contribution in [2.45, 2.75) is 19.9 Å². The van der Waals surface area contributed by atoms with Crippen LogP contribution in [0.2, 0.25) is 0 Å². The summed E-state index contributed by atoms with van der Waals surface area (Å²) in [6.45, 7) is 2.95. The molecule has 0 unspecified atom stereocenters. The van der Waals surface area contributed by atoms with Crippen molar-refractivity contribution in [2.24, 2.45) is 5.73 Å². The molecule has 1 rings (SSSR count). The molecule has 0 aliphatic rings. The Balaban J connectivity index is 2.58. The van der Waals surface area contributed by atoms with Gasteiger partial charge in [-0.05, 0) is 6.42 Å². The van der Waals surface area contributed by atoms with E-state index in [1.165, 1.54) is 16.9 Å². The van der Waals surface area contributed by atoms with Crippen molar-refractivity contribution in [3.8, 4) is 0 Å². The monoisotopic (exact) mass is 288 g/mol. The topological polar surface area (TPSA) is 107 Å². The molecule has 8 heteroatoms. The number of nitrogens with two attached hydrogens (primary N) is 1. The summed E-state index contributed by atoms with van der Waals surface area (Å²) in [5.74, 6) is 0.196. The Morgan fingerprint density at radius 2 is 2.21 bits per heavy atom. The Bertz CT molecular complexity index is 553. The average Bonchev–Trinajstić information content (AvgIpc) is 2.38. The van der Waals surface area contributed by atoms with Crippen molar-refractivity contribution in [3.05, 3.63) is 22.6 Å². The summed E-state index contributed by atoms with van der Waals surface area (Å²) in [4.78, 5) is 11.7.